The van der Waals surface area contributed by atoms with E-state index in [-0.39, 0.29) is 0 Å². The third kappa shape index (κ3) is 4.34. The lowest BCUT2D eigenvalue weighted by atomic mass is 9.95. The molecule has 1 saturated heterocycles. The fourth-order valence-electron chi connectivity index (χ4n) is 3.20. The molecule has 2 rings (SSSR count). The van der Waals surface area contributed by atoms with Gasteiger partial charge in [0.2, 0.25) is 10.0 Å². The fraction of sp³-hybridized carbons (Fsp3) is 0.667. The van der Waals surface area contributed by atoms with Gasteiger partial charge in [0.1, 0.15) is 0 Å². The van der Waals surface area contributed by atoms with Gasteiger partial charge in [-0.2, -0.15) is 4.31 Å². The van der Waals surface area contributed by atoms with Crippen molar-refractivity contribution in [2.75, 3.05) is 33.2 Å². The highest BCUT2D eigenvalue weighted by atomic mass is 32.2. The van der Waals surface area contributed by atoms with Crippen molar-refractivity contribution in [3.63, 3.8) is 0 Å². The Balaban J connectivity index is 2.33. The summed E-state index contributed by atoms with van der Waals surface area (Å²) in [5, 5.41) is 0. The first-order valence-electron chi connectivity index (χ1n) is 8.67. The molecule has 0 atom stereocenters. The second kappa shape index (κ2) is 7.77. The highest BCUT2D eigenvalue weighted by molar-refractivity contribution is 7.89. The number of sulfonamides is 1. The van der Waals surface area contributed by atoms with Gasteiger partial charge >= 0.3 is 0 Å². The van der Waals surface area contributed by atoms with E-state index in [0.29, 0.717) is 23.9 Å². The monoisotopic (exact) mass is 338 g/mol. The van der Waals surface area contributed by atoms with Crippen LogP contribution in [-0.2, 0) is 16.4 Å². The van der Waals surface area contributed by atoms with E-state index >= 15 is 0 Å². The number of aryl methyl sites for hydroxylation is 1. The van der Waals surface area contributed by atoms with E-state index in [4.69, 9.17) is 0 Å². The van der Waals surface area contributed by atoms with Crippen LogP contribution in [0.1, 0.15) is 50.7 Å². The molecule has 0 amide bonds. The van der Waals surface area contributed by atoms with Crippen LogP contribution in [0.4, 0.5) is 0 Å². The highest BCUT2D eigenvalue weighted by Gasteiger charge is 2.26. The van der Waals surface area contributed by atoms with E-state index in [9.17, 15) is 8.42 Å². The Morgan fingerprint density at radius 2 is 1.87 bits per heavy atom. The van der Waals surface area contributed by atoms with Gasteiger partial charge in [0, 0.05) is 19.6 Å². The summed E-state index contributed by atoms with van der Waals surface area (Å²) in [5.41, 5.74) is 2.44. The zero-order chi connectivity index (χ0) is 17.0. The summed E-state index contributed by atoms with van der Waals surface area (Å²) >= 11 is 0. The van der Waals surface area contributed by atoms with Crippen LogP contribution in [0.2, 0.25) is 0 Å². The van der Waals surface area contributed by atoms with E-state index in [1.165, 1.54) is 11.1 Å². The summed E-state index contributed by atoms with van der Waals surface area (Å²) in [6.45, 7) is 9.40. The molecular formula is C18H30N2O2S. The van der Waals surface area contributed by atoms with Crippen molar-refractivity contribution >= 4 is 10.0 Å². The zero-order valence-corrected chi connectivity index (χ0v) is 15.7. The van der Waals surface area contributed by atoms with E-state index in [2.05, 4.69) is 25.7 Å². The molecule has 130 valence electrons. The van der Waals surface area contributed by atoms with Crippen LogP contribution in [0.15, 0.2) is 23.1 Å². The molecule has 0 aliphatic carbocycles. The van der Waals surface area contributed by atoms with Gasteiger partial charge in [-0.15, -0.1) is 0 Å². The average Bonchev–Trinajstić information content (AvgIpc) is 2.72. The molecule has 1 aromatic rings. The molecule has 0 radical (unpaired) electrons. The van der Waals surface area contributed by atoms with E-state index in [1.807, 2.05) is 19.2 Å². The highest BCUT2D eigenvalue weighted by Crippen LogP contribution is 2.26. The SMILES string of the molecule is CCCc1cc(S(=O)(=O)N2CCCN(C)CC2)ccc1C(C)C. The molecule has 0 N–H and O–H groups in total. The molecule has 1 aliphatic rings. The van der Waals surface area contributed by atoms with Gasteiger partial charge in [0.15, 0.2) is 0 Å². The second-order valence-corrected chi connectivity index (χ2v) is 8.76. The lowest BCUT2D eigenvalue weighted by Gasteiger charge is -2.21. The molecular weight excluding hydrogens is 308 g/mol. The molecule has 1 fully saturated rings. The molecule has 4 nitrogen and oxygen atoms in total. The number of likely N-dealkylation sites (N-methyl/N-ethyl adjacent to an activating group) is 1. The van der Waals surface area contributed by atoms with Crippen LogP contribution in [0.25, 0.3) is 0 Å². The first kappa shape index (κ1) is 18.4. The first-order chi connectivity index (χ1) is 10.9. The molecule has 1 aromatic carbocycles. The molecule has 23 heavy (non-hydrogen) atoms. The average molecular weight is 339 g/mol. The minimum atomic E-state index is -3.39. The number of rotatable bonds is 5. The van der Waals surface area contributed by atoms with Crippen LogP contribution < -0.4 is 0 Å². The molecule has 0 unspecified atom stereocenters. The van der Waals surface area contributed by atoms with Crippen molar-refractivity contribution in [2.24, 2.45) is 0 Å². The normalized spacial score (nSPS) is 18.3. The van der Waals surface area contributed by atoms with E-state index in [0.717, 1.165) is 32.4 Å². The van der Waals surface area contributed by atoms with Crippen molar-refractivity contribution in [3.05, 3.63) is 29.3 Å². The van der Waals surface area contributed by atoms with Gasteiger partial charge in [-0.1, -0.05) is 33.3 Å². The Bertz CT molecular complexity index is 626. The molecule has 1 aliphatic heterocycles. The topological polar surface area (TPSA) is 40.6 Å². The lowest BCUT2D eigenvalue weighted by molar-refractivity contribution is 0.347. The van der Waals surface area contributed by atoms with Gasteiger partial charge in [0.05, 0.1) is 4.90 Å². The predicted octanol–water partition coefficient (Wildman–Crippen LogP) is 3.09. The second-order valence-electron chi connectivity index (χ2n) is 6.83. The number of benzene rings is 1. The lowest BCUT2D eigenvalue weighted by Crippen LogP contribution is -2.34. The summed E-state index contributed by atoms with van der Waals surface area (Å²) in [6, 6.07) is 5.70. The van der Waals surface area contributed by atoms with E-state index < -0.39 is 10.0 Å². The van der Waals surface area contributed by atoms with Gasteiger partial charge < -0.3 is 4.90 Å². The number of hydrogen-bond acceptors (Lipinski definition) is 3. The van der Waals surface area contributed by atoms with Crippen molar-refractivity contribution in [1.29, 1.82) is 0 Å². The van der Waals surface area contributed by atoms with Gasteiger partial charge in [-0.3, -0.25) is 0 Å². The molecule has 0 spiro atoms. The van der Waals surface area contributed by atoms with Crippen LogP contribution in [0.3, 0.4) is 0 Å². The summed E-state index contributed by atoms with van der Waals surface area (Å²) in [4.78, 5) is 2.65. The Kier molecular flexibility index (Phi) is 6.23. The largest absolute Gasteiger partial charge is 0.305 e. The predicted molar refractivity (Wildman–Crippen MR) is 95.4 cm³/mol. The Hall–Kier alpha value is -0.910. The minimum absolute atomic E-state index is 0.417. The van der Waals surface area contributed by atoms with Gasteiger partial charge in [-0.05, 0) is 55.6 Å². The number of hydrogen-bond donors (Lipinski definition) is 0. The summed E-state index contributed by atoms with van der Waals surface area (Å²) < 4.78 is 27.6. The van der Waals surface area contributed by atoms with Gasteiger partial charge in [-0.25, -0.2) is 8.42 Å². The Morgan fingerprint density at radius 3 is 2.52 bits per heavy atom. The smallest absolute Gasteiger partial charge is 0.243 e. The maximum atomic E-state index is 13.0. The Labute approximate surface area is 141 Å². The number of nitrogens with zero attached hydrogens (tertiary/aromatic N) is 2. The van der Waals surface area contributed by atoms with Crippen LogP contribution in [0.5, 0.6) is 0 Å². The van der Waals surface area contributed by atoms with Crippen LogP contribution in [-0.4, -0.2) is 50.8 Å². The maximum Gasteiger partial charge on any atom is 0.243 e. The molecule has 0 aromatic heterocycles. The van der Waals surface area contributed by atoms with Crippen molar-refractivity contribution in [1.82, 2.24) is 9.21 Å². The van der Waals surface area contributed by atoms with E-state index in [1.54, 1.807) is 10.4 Å². The van der Waals surface area contributed by atoms with Crippen LogP contribution >= 0.6 is 0 Å². The standard InChI is InChI=1S/C18H30N2O2S/c1-5-7-16-14-17(8-9-18(16)15(2)3)23(21,22)20-11-6-10-19(4)12-13-20/h8-9,14-15H,5-7,10-13H2,1-4H3. The van der Waals surface area contributed by atoms with Crippen molar-refractivity contribution in [2.45, 2.75) is 50.8 Å². The van der Waals surface area contributed by atoms with Crippen molar-refractivity contribution in [3.8, 4) is 0 Å². The maximum absolute atomic E-state index is 13.0. The quantitative estimate of drug-likeness (QED) is 0.828. The molecule has 0 bridgehead atoms. The molecule has 1 heterocycles. The summed E-state index contributed by atoms with van der Waals surface area (Å²) in [6.07, 6.45) is 2.85. The fourth-order valence-corrected chi connectivity index (χ4v) is 4.72. The third-order valence-electron chi connectivity index (χ3n) is 4.57. The Morgan fingerprint density at radius 1 is 1.13 bits per heavy atom. The molecule has 0 saturated carbocycles. The molecule has 5 heteroatoms. The first-order valence-corrected chi connectivity index (χ1v) is 10.1. The van der Waals surface area contributed by atoms with Crippen LogP contribution in [0, 0.1) is 0 Å². The summed E-state index contributed by atoms with van der Waals surface area (Å²) in [5.74, 6) is 0.417. The minimum Gasteiger partial charge on any atom is -0.305 e. The summed E-state index contributed by atoms with van der Waals surface area (Å²) in [7, 11) is -1.34. The third-order valence-corrected chi connectivity index (χ3v) is 6.47. The van der Waals surface area contributed by atoms with Crippen molar-refractivity contribution < 1.29 is 8.42 Å². The zero-order valence-electron chi connectivity index (χ0n) is 14.9. The van der Waals surface area contributed by atoms with Gasteiger partial charge in [0.25, 0.3) is 0 Å².